The third kappa shape index (κ3) is 5.70. The number of hydrogen-bond acceptors (Lipinski definition) is 1. The van der Waals surface area contributed by atoms with E-state index in [-0.39, 0.29) is 5.41 Å². The van der Waals surface area contributed by atoms with Gasteiger partial charge in [-0.2, -0.15) is 0 Å². The van der Waals surface area contributed by atoms with E-state index in [1.165, 1.54) is 88.7 Å². The van der Waals surface area contributed by atoms with Crippen LogP contribution in [0.25, 0.3) is 55.3 Å². The third-order valence-electron chi connectivity index (χ3n) is 13.9. The summed E-state index contributed by atoms with van der Waals surface area (Å²) in [6, 6.07) is 87.8. The van der Waals surface area contributed by atoms with Crippen LogP contribution in [0, 0.1) is 0 Å². The van der Waals surface area contributed by atoms with E-state index in [9.17, 15) is 0 Å². The van der Waals surface area contributed by atoms with Crippen LogP contribution >= 0.6 is 0 Å². The Balaban J connectivity index is 1.08. The summed E-state index contributed by atoms with van der Waals surface area (Å²) in [4.78, 5) is 2.48. The summed E-state index contributed by atoms with van der Waals surface area (Å²) in [6.07, 6.45) is 0. The van der Waals surface area contributed by atoms with Gasteiger partial charge in [0.2, 0.25) is 0 Å². The fourth-order valence-corrected chi connectivity index (χ4v) is 11.0. The van der Waals surface area contributed by atoms with Gasteiger partial charge in [-0.05, 0) is 137 Å². The van der Waals surface area contributed by atoms with Crippen LogP contribution in [0.15, 0.2) is 237 Å². The molecular weight excluding hydrogens is 759 g/mol. The van der Waals surface area contributed by atoms with Crippen LogP contribution in [0.2, 0.25) is 0 Å². The molecule has 0 unspecified atom stereocenters. The topological polar surface area (TPSA) is 3.24 Å². The quantitative estimate of drug-likeness (QED) is 0.155. The van der Waals surface area contributed by atoms with Crippen LogP contribution in [-0.4, -0.2) is 0 Å². The molecule has 10 aromatic rings. The van der Waals surface area contributed by atoms with Gasteiger partial charge in [0.25, 0.3) is 0 Å². The van der Waals surface area contributed by atoms with Gasteiger partial charge in [-0.3, -0.25) is 0 Å². The Bertz CT molecular complexity index is 3310. The maximum Gasteiger partial charge on any atom is 0.0714 e. The fourth-order valence-electron chi connectivity index (χ4n) is 11.0. The van der Waals surface area contributed by atoms with Crippen molar-refractivity contribution in [3.63, 3.8) is 0 Å². The standard InChI is InChI=1S/C62H45N/c1-61(2)57-37-35-49(40-56(57)55-38-44-20-12-13-21-45(44)39-59(55)61)63(48-32-30-43(31-33-48)52-27-15-14-26-51(52)42-18-6-3-7-19-42)50-34-36-54-53-28-16-17-29-58(53)62(60(54)41-50,46-22-8-4-9-23-46)47-24-10-5-11-25-47/h3-41H,1-2H3. The van der Waals surface area contributed by atoms with Crippen LogP contribution < -0.4 is 4.90 Å². The Hall–Kier alpha value is -7.74. The van der Waals surface area contributed by atoms with Crippen molar-refractivity contribution >= 4 is 27.8 Å². The van der Waals surface area contributed by atoms with Crippen molar-refractivity contribution in [1.29, 1.82) is 0 Å². The molecule has 0 aliphatic heterocycles. The average Bonchev–Trinajstić information content (AvgIpc) is 3.76. The van der Waals surface area contributed by atoms with Gasteiger partial charge in [-0.1, -0.05) is 202 Å². The molecule has 12 rings (SSSR count). The maximum absolute atomic E-state index is 2.48. The smallest absolute Gasteiger partial charge is 0.0714 e. The normalized spacial score (nSPS) is 13.8. The van der Waals surface area contributed by atoms with E-state index in [4.69, 9.17) is 0 Å². The number of rotatable bonds is 7. The molecule has 0 spiro atoms. The van der Waals surface area contributed by atoms with Crippen molar-refractivity contribution in [1.82, 2.24) is 0 Å². The largest absolute Gasteiger partial charge is 0.310 e. The molecule has 2 aliphatic rings. The number of hydrogen-bond donors (Lipinski definition) is 0. The number of nitrogens with zero attached hydrogens (tertiary/aromatic N) is 1. The highest BCUT2D eigenvalue weighted by molar-refractivity contribution is 5.96. The van der Waals surface area contributed by atoms with Crippen molar-refractivity contribution in [3.8, 4) is 44.5 Å². The molecule has 63 heavy (non-hydrogen) atoms. The molecule has 0 saturated heterocycles. The zero-order valence-corrected chi connectivity index (χ0v) is 35.5. The van der Waals surface area contributed by atoms with Crippen molar-refractivity contribution in [3.05, 3.63) is 270 Å². The van der Waals surface area contributed by atoms with E-state index in [2.05, 4.69) is 255 Å². The van der Waals surface area contributed by atoms with Gasteiger partial charge in [0, 0.05) is 22.5 Å². The van der Waals surface area contributed by atoms with Crippen molar-refractivity contribution in [2.75, 3.05) is 4.90 Å². The highest BCUT2D eigenvalue weighted by Gasteiger charge is 2.46. The molecule has 298 valence electrons. The van der Waals surface area contributed by atoms with Crippen LogP contribution in [0.4, 0.5) is 17.1 Å². The Morgan fingerprint density at radius 2 is 0.762 bits per heavy atom. The Labute approximate surface area is 370 Å². The first-order chi connectivity index (χ1) is 31.0. The monoisotopic (exact) mass is 803 g/mol. The van der Waals surface area contributed by atoms with Crippen molar-refractivity contribution < 1.29 is 0 Å². The SMILES string of the molecule is CC1(C)c2ccc(N(c3ccc(-c4ccccc4-c4ccccc4)cc3)c3ccc4c(c3)C(c3ccccc3)(c3ccccc3)c3ccccc3-4)cc2-c2cc3ccccc3cc21. The molecule has 0 heterocycles. The highest BCUT2D eigenvalue weighted by Crippen LogP contribution is 2.58. The Kier molecular flexibility index (Phi) is 8.49. The molecule has 0 amide bonds. The van der Waals surface area contributed by atoms with E-state index < -0.39 is 5.41 Å². The van der Waals surface area contributed by atoms with Crippen LogP contribution in [0.3, 0.4) is 0 Å². The van der Waals surface area contributed by atoms with E-state index >= 15 is 0 Å². The van der Waals surface area contributed by atoms with Crippen molar-refractivity contribution in [2.24, 2.45) is 0 Å². The van der Waals surface area contributed by atoms with E-state index in [1.54, 1.807) is 0 Å². The second kappa shape index (κ2) is 14.4. The first-order valence-electron chi connectivity index (χ1n) is 22.1. The number of anilines is 3. The average molecular weight is 804 g/mol. The minimum absolute atomic E-state index is 0.129. The summed E-state index contributed by atoms with van der Waals surface area (Å²) in [6.45, 7) is 4.75. The molecule has 0 N–H and O–H groups in total. The lowest BCUT2D eigenvalue weighted by molar-refractivity contribution is 0.661. The Morgan fingerprint density at radius 3 is 1.43 bits per heavy atom. The second-order valence-corrected chi connectivity index (χ2v) is 17.7. The van der Waals surface area contributed by atoms with Crippen LogP contribution in [0.1, 0.15) is 47.2 Å². The molecule has 0 saturated carbocycles. The summed E-state index contributed by atoms with van der Waals surface area (Å²) >= 11 is 0. The highest BCUT2D eigenvalue weighted by atomic mass is 15.1. The van der Waals surface area contributed by atoms with Crippen molar-refractivity contribution in [2.45, 2.75) is 24.7 Å². The third-order valence-corrected chi connectivity index (χ3v) is 13.9. The first kappa shape index (κ1) is 37.1. The summed E-state index contributed by atoms with van der Waals surface area (Å²) in [7, 11) is 0. The first-order valence-corrected chi connectivity index (χ1v) is 22.1. The molecule has 0 aromatic heterocycles. The summed E-state index contributed by atoms with van der Waals surface area (Å²) in [5.74, 6) is 0. The zero-order valence-electron chi connectivity index (χ0n) is 35.5. The van der Waals surface area contributed by atoms with Gasteiger partial charge in [0.1, 0.15) is 0 Å². The molecule has 0 fully saturated rings. The molecule has 2 aliphatic carbocycles. The van der Waals surface area contributed by atoms with E-state index in [0.29, 0.717) is 0 Å². The lowest BCUT2D eigenvalue weighted by atomic mass is 9.67. The molecule has 0 atom stereocenters. The molecule has 1 nitrogen and oxygen atoms in total. The predicted molar refractivity (Wildman–Crippen MR) is 264 cm³/mol. The van der Waals surface area contributed by atoms with Gasteiger partial charge in [-0.15, -0.1) is 0 Å². The minimum Gasteiger partial charge on any atom is -0.310 e. The number of benzene rings is 10. The van der Waals surface area contributed by atoms with Gasteiger partial charge in [0.15, 0.2) is 0 Å². The van der Waals surface area contributed by atoms with Gasteiger partial charge in [-0.25, -0.2) is 0 Å². The Morgan fingerprint density at radius 1 is 0.286 bits per heavy atom. The predicted octanol–water partition coefficient (Wildman–Crippen LogP) is 16.3. The van der Waals surface area contributed by atoms with Crippen LogP contribution in [-0.2, 0) is 10.8 Å². The zero-order chi connectivity index (χ0) is 42.1. The van der Waals surface area contributed by atoms with E-state index in [1.807, 2.05) is 0 Å². The summed E-state index contributed by atoms with van der Waals surface area (Å²) in [5, 5.41) is 2.55. The molecule has 1 heteroatoms. The second-order valence-electron chi connectivity index (χ2n) is 17.7. The van der Waals surface area contributed by atoms with Gasteiger partial charge >= 0.3 is 0 Å². The molecule has 0 bridgehead atoms. The molecular formula is C62H45N. The molecule has 10 aromatic carbocycles. The molecule has 0 radical (unpaired) electrons. The van der Waals surface area contributed by atoms with E-state index in [0.717, 1.165) is 17.1 Å². The maximum atomic E-state index is 2.48. The summed E-state index contributed by atoms with van der Waals surface area (Å²) < 4.78 is 0. The fraction of sp³-hybridized carbons (Fsp3) is 0.0645. The lowest BCUT2D eigenvalue weighted by Crippen LogP contribution is -2.28. The van der Waals surface area contributed by atoms with Crippen LogP contribution in [0.5, 0.6) is 0 Å². The summed E-state index contributed by atoms with van der Waals surface area (Å²) in [5.41, 5.74) is 20.6. The van der Waals surface area contributed by atoms with Gasteiger partial charge < -0.3 is 4.90 Å². The minimum atomic E-state index is -0.511. The lowest BCUT2D eigenvalue weighted by Gasteiger charge is -2.35. The van der Waals surface area contributed by atoms with Gasteiger partial charge in [0.05, 0.1) is 5.41 Å². The number of fused-ring (bicyclic) bond motifs is 7.